The first-order valence-corrected chi connectivity index (χ1v) is 11.7. The molecule has 1 aromatic heterocycles. The number of nitrogens with zero attached hydrogens (tertiary/aromatic N) is 5. The van der Waals surface area contributed by atoms with Crippen LogP contribution in [0.2, 0.25) is 0 Å². The molecule has 0 radical (unpaired) electrons. The summed E-state index contributed by atoms with van der Waals surface area (Å²) < 4.78 is 19.3. The summed E-state index contributed by atoms with van der Waals surface area (Å²) in [6.07, 6.45) is 1.53. The van der Waals surface area contributed by atoms with Crippen LogP contribution < -0.4 is 9.64 Å². The molecule has 186 valence electrons. The summed E-state index contributed by atoms with van der Waals surface area (Å²) >= 11 is 0. The van der Waals surface area contributed by atoms with Crippen molar-refractivity contribution < 1.29 is 18.7 Å². The molecule has 2 amide bonds. The normalized spacial score (nSPS) is 13.3. The minimum absolute atomic E-state index is 0.0615. The first-order valence-electron chi connectivity index (χ1n) is 11.7. The fourth-order valence-corrected chi connectivity index (χ4v) is 4.04. The lowest BCUT2D eigenvalue weighted by molar-refractivity contribution is -0.132. The summed E-state index contributed by atoms with van der Waals surface area (Å²) in [5.74, 6) is 0.174. The highest BCUT2D eigenvalue weighted by molar-refractivity contribution is 5.96. The van der Waals surface area contributed by atoms with Gasteiger partial charge in [-0.3, -0.25) is 9.59 Å². The van der Waals surface area contributed by atoms with Gasteiger partial charge in [0.15, 0.2) is 5.82 Å². The van der Waals surface area contributed by atoms with Gasteiger partial charge in [0.1, 0.15) is 18.1 Å². The number of hydrogen-bond donors (Lipinski definition) is 0. The van der Waals surface area contributed by atoms with Crippen molar-refractivity contribution in [2.45, 2.75) is 0 Å². The maximum atomic E-state index is 14.1. The second-order valence-electron chi connectivity index (χ2n) is 8.33. The number of methoxy groups -OCH3 is 1. The number of rotatable bonds is 8. The molecule has 0 N–H and O–H groups in total. The van der Waals surface area contributed by atoms with Gasteiger partial charge in [0.05, 0.1) is 18.4 Å². The molecular weight excluding hydrogens is 461 g/mol. The predicted molar refractivity (Wildman–Crippen MR) is 135 cm³/mol. The summed E-state index contributed by atoms with van der Waals surface area (Å²) in [6, 6.07) is 17.2. The van der Waals surface area contributed by atoms with Crippen molar-refractivity contribution in [3.05, 3.63) is 84.7 Å². The van der Waals surface area contributed by atoms with Crippen LogP contribution in [0.5, 0.6) is 5.75 Å². The highest BCUT2D eigenvalue weighted by Crippen LogP contribution is 2.22. The average Bonchev–Trinajstić information content (AvgIpc) is 2.93. The second kappa shape index (κ2) is 11.4. The van der Waals surface area contributed by atoms with Crippen molar-refractivity contribution in [3.63, 3.8) is 0 Å². The number of piperazine rings is 1. The van der Waals surface area contributed by atoms with E-state index in [1.54, 1.807) is 18.1 Å². The molecule has 0 aliphatic carbocycles. The number of benzene rings is 2. The topological polar surface area (TPSA) is 78.9 Å². The molecule has 3 aromatic rings. The van der Waals surface area contributed by atoms with E-state index in [4.69, 9.17) is 4.74 Å². The first-order chi connectivity index (χ1) is 17.5. The van der Waals surface area contributed by atoms with Gasteiger partial charge in [0.2, 0.25) is 5.91 Å². The Balaban J connectivity index is 1.34. The van der Waals surface area contributed by atoms with E-state index >= 15 is 0 Å². The van der Waals surface area contributed by atoms with E-state index in [0.717, 1.165) is 22.8 Å². The number of aromatic nitrogens is 2. The Morgan fingerprint density at radius 3 is 2.36 bits per heavy atom. The van der Waals surface area contributed by atoms with Crippen molar-refractivity contribution in [2.75, 3.05) is 51.3 Å². The van der Waals surface area contributed by atoms with Gasteiger partial charge in [-0.2, -0.15) is 0 Å². The third-order valence-corrected chi connectivity index (χ3v) is 6.06. The number of carbonyl (C=O) groups excluding carboxylic acids is 2. The summed E-state index contributed by atoms with van der Waals surface area (Å²) in [5, 5.41) is 8.72. The molecule has 2 heterocycles. The Hall–Kier alpha value is -4.27. The minimum Gasteiger partial charge on any atom is -0.497 e. The quantitative estimate of drug-likeness (QED) is 0.452. The molecule has 1 fully saturated rings. The van der Waals surface area contributed by atoms with Crippen molar-refractivity contribution in [1.82, 2.24) is 20.0 Å². The summed E-state index contributed by atoms with van der Waals surface area (Å²) in [7, 11) is 1.62. The Kier molecular flexibility index (Phi) is 7.89. The van der Waals surface area contributed by atoms with Crippen LogP contribution in [0.1, 0.15) is 10.4 Å². The average molecular weight is 490 g/mol. The van der Waals surface area contributed by atoms with Gasteiger partial charge in [0, 0.05) is 38.3 Å². The van der Waals surface area contributed by atoms with Crippen LogP contribution in [0.4, 0.5) is 10.2 Å². The SMILES string of the molecule is C=CCN(CC(=O)N1CCN(c2ccc(-c3ccc(OC)cc3)nn2)CC1)C(=O)c1ccccc1F. The molecule has 1 aliphatic heterocycles. The molecule has 36 heavy (non-hydrogen) atoms. The zero-order valence-electron chi connectivity index (χ0n) is 20.1. The molecule has 4 rings (SSSR count). The van der Waals surface area contributed by atoms with E-state index in [0.29, 0.717) is 26.2 Å². The molecule has 1 aliphatic rings. The molecule has 0 atom stereocenters. The summed E-state index contributed by atoms with van der Waals surface area (Å²) in [4.78, 5) is 30.8. The van der Waals surface area contributed by atoms with Crippen LogP contribution in [0.3, 0.4) is 0 Å². The highest BCUT2D eigenvalue weighted by atomic mass is 19.1. The number of amides is 2. The molecule has 1 saturated heterocycles. The zero-order valence-corrected chi connectivity index (χ0v) is 20.1. The Morgan fingerprint density at radius 2 is 1.75 bits per heavy atom. The number of ether oxygens (including phenoxy) is 1. The van der Waals surface area contributed by atoms with E-state index < -0.39 is 11.7 Å². The van der Waals surface area contributed by atoms with E-state index in [-0.39, 0.29) is 24.6 Å². The first kappa shape index (κ1) is 24.8. The van der Waals surface area contributed by atoms with Crippen LogP contribution in [-0.4, -0.2) is 78.2 Å². The molecule has 8 nitrogen and oxygen atoms in total. The fourth-order valence-electron chi connectivity index (χ4n) is 4.04. The number of carbonyl (C=O) groups is 2. The van der Waals surface area contributed by atoms with Crippen LogP contribution >= 0.6 is 0 Å². The van der Waals surface area contributed by atoms with Crippen molar-refractivity contribution in [1.29, 1.82) is 0 Å². The standard InChI is InChI=1S/C27H28FN5O3/c1-3-14-33(27(35)22-6-4-5-7-23(22)28)19-26(34)32-17-15-31(16-18-32)25-13-12-24(29-30-25)20-8-10-21(36-2)11-9-20/h3-13H,1,14-19H2,2H3. The van der Waals surface area contributed by atoms with E-state index in [1.807, 2.05) is 36.4 Å². The lowest BCUT2D eigenvalue weighted by atomic mass is 10.1. The zero-order chi connectivity index (χ0) is 25.5. The Morgan fingerprint density at radius 1 is 1.03 bits per heavy atom. The third-order valence-electron chi connectivity index (χ3n) is 6.06. The number of halogens is 1. The van der Waals surface area contributed by atoms with E-state index in [1.165, 1.54) is 29.2 Å². The highest BCUT2D eigenvalue weighted by Gasteiger charge is 2.26. The molecular formula is C27H28FN5O3. The Labute approximate surface area is 209 Å². The van der Waals surface area contributed by atoms with E-state index in [9.17, 15) is 14.0 Å². The van der Waals surface area contributed by atoms with E-state index in [2.05, 4.69) is 21.7 Å². The maximum Gasteiger partial charge on any atom is 0.257 e. The number of hydrogen-bond acceptors (Lipinski definition) is 6. The fraction of sp³-hybridized carbons (Fsp3) is 0.259. The van der Waals surface area contributed by atoms with Crippen molar-refractivity contribution >= 4 is 17.6 Å². The smallest absolute Gasteiger partial charge is 0.257 e. The molecule has 2 aromatic carbocycles. The molecule has 9 heteroatoms. The van der Waals surface area contributed by atoms with Crippen LogP contribution in [-0.2, 0) is 4.79 Å². The summed E-state index contributed by atoms with van der Waals surface area (Å²) in [5.41, 5.74) is 1.64. The lowest BCUT2D eigenvalue weighted by Crippen LogP contribution is -2.52. The minimum atomic E-state index is -0.614. The van der Waals surface area contributed by atoms with Crippen LogP contribution in [0.25, 0.3) is 11.3 Å². The maximum absolute atomic E-state index is 14.1. The Bertz CT molecular complexity index is 1210. The molecule has 0 unspecified atom stereocenters. The van der Waals surface area contributed by atoms with Gasteiger partial charge in [-0.1, -0.05) is 18.2 Å². The second-order valence-corrected chi connectivity index (χ2v) is 8.33. The van der Waals surface area contributed by atoms with Crippen molar-refractivity contribution in [3.8, 4) is 17.0 Å². The van der Waals surface area contributed by atoms with Crippen LogP contribution in [0, 0.1) is 5.82 Å². The summed E-state index contributed by atoms with van der Waals surface area (Å²) in [6.45, 7) is 5.80. The molecule has 0 saturated carbocycles. The molecule has 0 bridgehead atoms. The largest absolute Gasteiger partial charge is 0.497 e. The van der Waals surface area contributed by atoms with Gasteiger partial charge in [0.25, 0.3) is 5.91 Å². The number of anilines is 1. The van der Waals surface area contributed by atoms with Gasteiger partial charge in [-0.15, -0.1) is 16.8 Å². The van der Waals surface area contributed by atoms with Crippen molar-refractivity contribution in [2.24, 2.45) is 0 Å². The molecule has 0 spiro atoms. The van der Waals surface area contributed by atoms with Gasteiger partial charge in [-0.05, 0) is 48.5 Å². The monoisotopic (exact) mass is 489 g/mol. The lowest BCUT2D eigenvalue weighted by Gasteiger charge is -2.36. The third kappa shape index (κ3) is 5.68. The predicted octanol–water partition coefficient (Wildman–Crippen LogP) is 3.27. The van der Waals surface area contributed by atoms with Gasteiger partial charge < -0.3 is 19.4 Å². The van der Waals surface area contributed by atoms with Gasteiger partial charge in [-0.25, -0.2) is 4.39 Å². The van der Waals surface area contributed by atoms with Crippen LogP contribution in [0.15, 0.2) is 73.3 Å². The van der Waals surface area contributed by atoms with Gasteiger partial charge >= 0.3 is 0 Å².